The molecule has 1 aromatic heterocycles. The summed E-state index contributed by atoms with van der Waals surface area (Å²) >= 11 is 12.5. The Morgan fingerprint density at radius 2 is 1.76 bits per heavy atom. The molecule has 2 N–H and O–H groups in total. The van der Waals surface area contributed by atoms with Crippen LogP contribution in [0.4, 0.5) is 13.2 Å². The molecular formula is C23H23Cl2F3N4O5S. The summed E-state index contributed by atoms with van der Waals surface area (Å²) in [4.78, 5) is 30.6. The largest absolute Gasteiger partial charge is 0.573 e. The Labute approximate surface area is 225 Å². The van der Waals surface area contributed by atoms with Gasteiger partial charge in [-0.2, -0.15) is 0 Å². The number of hydrogen-bond donors (Lipinski definition) is 2. The van der Waals surface area contributed by atoms with Crippen LogP contribution in [0.15, 0.2) is 38.8 Å². The average molecular weight is 595 g/mol. The molecule has 1 saturated heterocycles. The number of H-pyrrole nitrogens is 1. The van der Waals surface area contributed by atoms with Crippen molar-refractivity contribution in [2.24, 2.45) is 0 Å². The van der Waals surface area contributed by atoms with Gasteiger partial charge in [-0.15, -0.1) is 13.2 Å². The molecule has 206 valence electrons. The zero-order chi connectivity index (χ0) is 27.8. The lowest BCUT2D eigenvalue weighted by atomic mass is 10.1. The van der Waals surface area contributed by atoms with Gasteiger partial charge in [0.25, 0.3) is 5.56 Å². The number of benzene rings is 2. The van der Waals surface area contributed by atoms with Gasteiger partial charge in [0.1, 0.15) is 5.75 Å². The molecule has 0 saturated carbocycles. The van der Waals surface area contributed by atoms with E-state index >= 15 is 0 Å². The van der Waals surface area contributed by atoms with Gasteiger partial charge in [-0.1, -0.05) is 30.1 Å². The van der Waals surface area contributed by atoms with Crippen LogP contribution in [0.3, 0.4) is 0 Å². The van der Waals surface area contributed by atoms with Crippen LogP contribution in [0.25, 0.3) is 10.9 Å². The summed E-state index contributed by atoms with van der Waals surface area (Å²) in [5.74, 6) is -0.907. The van der Waals surface area contributed by atoms with Gasteiger partial charge in [0, 0.05) is 43.3 Å². The molecule has 2 aromatic carbocycles. The van der Waals surface area contributed by atoms with Crippen LogP contribution in [0.5, 0.6) is 5.75 Å². The molecule has 9 nitrogen and oxygen atoms in total. The lowest BCUT2D eigenvalue weighted by Gasteiger charge is -2.28. The third kappa shape index (κ3) is 6.01. The average Bonchev–Trinajstić information content (AvgIpc) is 2.84. The molecule has 4 rings (SSSR count). The van der Waals surface area contributed by atoms with E-state index < -0.39 is 39.7 Å². The van der Waals surface area contributed by atoms with E-state index in [2.05, 4.69) is 15.0 Å². The van der Waals surface area contributed by atoms with Gasteiger partial charge >= 0.3 is 12.1 Å². The number of alkyl halides is 3. The second-order valence-electron chi connectivity index (χ2n) is 8.64. The highest BCUT2D eigenvalue weighted by Gasteiger charge is 2.34. The molecule has 3 aromatic rings. The number of rotatable bonds is 7. The number of aromatic nitrogens is 2. The quantitative estimate of drug-likeness (QED) is 0.432. The Kier molecular flexibility index (Phi) is 8.15. The molecule has 2 heterocycles. The summed E-state index contributed by atoms with van der Waals surface area (Å²) in [6.45, 7) is 3.26. The highest BCUT2D eigenvalue weighted by Crippen LogP contribution is 2.36. The smallest absolute Gasteiger partial charge is 0.405 e. The van der Waals surface area contributed by atoms with E-state index in [9.17, 15) is 31.2 Å². The molecule has 1 fully saturated rings. The number of halogens is 5. The van der Waals surface area contributed by atoms with Gasteiger partial charge in [-0.05, 0) is 29.8 Å². The topological polar surface area (TPSA) is 114 Å². The Morgan fingerprint density at radius 1 is 1.08 bits per heavy atom. The van der Waals surface area contributed by atoms with E-state index in [-0.39, 0.29) is 49.3 Å². The number of aromatic amines is 1. The van der Waals surface area contributed by atoms with Gasteiger partial charge in [0.15, 0.2) is 9.84 Å². The van der Waals surface area contributed by atoms with Crippen LogP contribution in [0.1, 0.15) is 18.1 Å². The van der Waals surface area contributed by atoms with Gasteiger partial charge < -0.3 is 15.0 Å². The van der Waals surface area contributed by atoms with E-state index in [4.69, 9.17) is 23.2 Å². The van der Waals surface area contributed by atoms with Crippen LogP contribution in [-0.4, -0.2) is 61.2 Å². The Balaban J connectivity index is 1.89. The number of sulfone groups is 1. The number of nitrogens with one attached hydrogen (secondary N) is 2. The van der Waals surface area contributed by atoms with Crippen molar-refractivity contribution < 1.29 is 26.3 Å². The minimum Gasteiger partial charge on any atom is -0.405 e. The molecule has 0 amide bonds. The fourth-order valence-electron chi connectivity index (χ4n) is 4.27. The monoisotopic (exact) mass is 594 g/mol. The second-order valence-corrected chi connectivity index (χ2v) is 11.7. The van der Waals surface area contributed by atoms with Crippen LogP contribution in [0.2, 0.25) is 10.0 Å². The Morgan fingerprint density at radius 3 is 2.39 bits per heavy atom. The summed E-state index contributed by atoms with van der Waals surface area (Å²) in [5.41, 5.74) is -2.02. The summed E-state index contributed by atoms with van der Waals surface area (Å²) in [5, 5.41) is 2.72. The minimum atomic E-state index is -5.07. The van der Waals surface area contributed by atoms with Crippen LogP contribution < -0.4 is 21.3 Å². The zero-order valence-corrected chi connectivity index (χ0v) is 22.3. The van der Waals surface area contributed by atoms with Crippen LogP contribution >= 0.6 is 23.2 Å². The third-order valence-electron chi connectivity index (χ3n) is 6.16. The zero-order valence-electron chi connectivity index (χ0n) is 20.0. The molecule has 0 aliphatic carbocycles. The molecule has 0 unspecified atom stereocenters. The van der Waals surface area contributed by atoms with Gasteiger partial charge in [-0.25, -0.2) is 13.2 Å². The first-order chi connectivity index (χ1) is 17.8. The predicted molar refractivity (Wildman–Crippen MR) is 137 cm³/mol. The number of piperazine rings is 1. The van der Waals surface area contributed by atoms with Crippen LogP contribution in [0, 0.1) is 0 Å². The van der Waals surface area contributed by atoms with E-state index in [1.807, 2.05) is 4.90 Å². The number of fused-ring (bicyclic) bond motifs is 1. The van der Waals surface area contributed by atoms with Crippen molar-refractivity contribution in [3.8, 4) is 5.75 Å². The lowest BCUT2D eigenvalue weighted by molar-refractivity contribution is -0.274. The molecule has 1 aliphatic rings. The number of hydrogen-bond acceptors (Lipinski definition) is 7. The normalized spacial score (nSPS) is 15.2. The van der Waals surface area contributed by atoms with Gasteiger partial charge in [-0.3, -0.25) is 14.3 Å². The van der Waals surface area contributed by atoms with Gasteiger partial charge in [0.2, 0.25) is 0 Å². The summed E-state index contributed by atoms with van der Waals surface area (Å²) in [6.07, 6.45) is -5.07. The molecule has 0 atom stereocenters. The first kappa shape index (κ1) is 28.4. The Hall–Kier alpha value is -2.58. The maximum absolute atomic E-state index is 13.4. The van der Waals surface area contributed by atoms with Crippen molar-refractivity contribution in [1.82, 2.24) is 19.8 Å². The molecule has 38 heavy (non-hydrogen) atoms. The van der Waals surface area contributed by atoms with Crippen molar-refractivity contribution in [1.29, 1.82) is 0 Å². The molecular weight excluding hydrogens is 572 g/mol. The van der Waals surface area contributed by atoms with E-state index in [0.29, 0.717) is 30.7 Å². The highest BCUT2D eigenvalue weighted by atomic mass is 35.5. The maximum atomic E-state index is 13.4. The number of ether oxygens (including phenoxy) is 1. The summed E-state index contributed by atoms with van der Waals surface area (Å²) < 4.78 is 69.9. The predicted octanol–water partition coefficient (Wildman–Crippen LogP) is 3.14. The molecule has 0 bridgehead atoms. The SMILES string of the molecule is CCS(=O)(=O)c1ccc(Cl)cc1Cn1c(=O)[nH]c2c(Cl)c(CN3CCNCC3)c(OC(F)(F)F)cc2c1=O. The first-order valence-corrected chi connectivity index (χ1v) is 13.9. The van der Waals surface area contributed by atoms with Gasteiger partial charge in [0.05, 0.1) is 33.1 Å². The minimum absolute atomic E-state index is 0.00622. The third-order valence-corrected chi connectivity index (χ3v) is 8.64. The molecule has 0 spiro atoms. The van der Waals surface area contributed by atoms with Crippen LogP contribution in [-0.2, 0) is 22.9 Å². The van der Waals surface area contributed by atoms with E-state index in [1.165, 1.54) is 25.1 Å². The fraction of sp³-hybridized carbons (Fsp3) is 0.391. The summed E-state index contributed by atoms with van der Waals surface area (Å²) in [6, 6.07) is 4.83. The number of nitrogens with zero attached hydrogens (tertiary/aromatic N) is 2. The van der Waals surface area contributed by atoms with Crippen molar-refractivity contribution in [2.75, 3.05) is 31.9 Å². The molecule has 15 heteroatoms. The first-order valence-electron chi connectivity index (χ1n) is 11.5. The van der Waals surface area contributed by atoms with Crippen molar-refractivity contribution >= 4 is 43.9 Å². The summed E-state index contributed by atoms with van der Waals surface area (Å²) in [7, 11) is -3.75. The van der Waals surface area contributed by atoms with Crippen molar-refractivity contribution in [2.45, 2.75) is 31.3 Å². The van der Waals surface area contributed by atoms with E-state index in [0.717, 1.165) is 6.07 Å². The second kappa shape index (κ2) is 10.9. The Bertz CT molecular complexity index is 1600. The lowest BCUT2D eigenvalue weighted by Crippen LogP contribution is -2.43. The maximum Gasteiger partial charge on any atom is 0.573 e. The van der Waals surface area contributed by atoms with Crippen molar-refractivity contribution in [3.63, 3.8) is 0 Å². The van der Waals surface area contributed by atoms with E-state index in [1.54, 1.807) is 0 Å². The highest BCUT2D eigenvalue weighted by molar-refractivity contribution is 7.91. The standard InChI is InChI=1S/C23H23Cl2F3N4O5S/c1-2-38(35,36)18-4-3-14(24)9-13(18)11-32-21(33)15-10-17(37-23(26,27)28)16(12-31-7-5-29-6-8-31)19(25)20(15)30-22(32)34/h3-4,9-10,29H,2,5-8,11-12H2,1H3,(H,30,34). The molecule has 0 radical (unpaired) electrons. The fourth-order valence-corrected chi connectivity index (χ4v) is 5.88. The van der Waals surface area contributed by atoms with Crippen molar-refractivity contribution in [3.05, 3.63) is 66.3 Å². The molecule has 1 aliphatic heterocycles.